The van der Waals surface area contributed by atoms with E-state index in [4.69, 9.17) is 9.47 Å². The molecule has 0 saturated carbocycles. The highest BCUT2D eigenvalue weighted by atomic mass is 16.5. The minimum absolute atomic E-state index is 0.0296. The molecule has 0 N–H and O–H groups in total. The maximum absolute atomic E-state index is 11.9. The number of benzene rings is 1. The molecule has 23 heavy (non-hydrogen) atoms. The first-order valence-electron chi connectivity index (χ1n) is 8.51. The molecule has 4 heteroatoms. The van der Waals surface area contributed by atoms with Gasteiger partial charge in [0.1, 0.15) is 5.75 Å². The van der Waals surface area contributed by atoms with E-state index < -0.39 is 0 Å². The molecular formula is C19H27NO3. The van der Waals surface area contributed by atoms with Crippen molar-refractivity contribution in [2.45, 2.75) is 58.2 Å². The molecule has 1 aromatic rings. The lowest BCUT2D eigenvalue weighted by Crippen LogP contribution is -2.44. The smallest absolute Gasteiger partial charge is 0.308 e. The summed E-state index contributed by atoms with van der Waals surface area (Å²) in [5, 5.41) is 0. The summed E-state index contributed by atoms with van der Waals surface area (Å²) in [6, 6.07) is 5.28. The van der Waals surface area contributed by atoms with Crippen molar-refractivity contribution in [2.75, 3.05) is 14.2 Å². The van der Waals surface area contributed by atoms with Gasteiger partial charge in [-0.25, -0.2) is 0 Å². The van der Waals surface area contributed by atoms with Crippen LogP contribution in [0.5, 0.6) is 5.75 Å². The number of hydrogen-bond donors (Lipinski definition) is 0. The van der Waals surface area contributed by atoms with E-state index in [0.29, 0.717) is 12.1 Å². The van der Waals surface area contributed by atoms with Crippen molar-refractivity contribution in [3.8, 4) is 5.75 Å². The average molecular weight is 317 g/mol. The molecule has 0 aliphatic carbocycles. The largest absolute Gasteiger partial charge is 0.496 e. The Morgan fingerprint density at radius 1 is 1.13 bits per heavy atom. The van der Waals surface area contributed by atoms with Crippen molar-refractivity contribution in [2.24, 2.45) is 5.92 Å². The predicted octanol–water partition coefficient (Wildman–Crippen LogP) is 3.23. The van der Waals surface area contributed by atoms with Crippen LogP contribution in [0.1, 0.15) is 42.4 Å². The number of methoxy groups -OCH3 is 2. The van der Waals surface area contributed by atoms with Crippen LogP contribution in [0.2, 0.25) is 0 Å². The number of esters is 1. The molecule has 4 nitrogen and oxygen atoms in total. The van der Waals surface area contributed by atoms with Gasteiger partial charge >= 0.3 is 5.97 Å². The summed E-state index contributed by atoms with van der Waals surface area (Å²) in [5.74, 6) is 1.02. The molecule has 2 unspecified atom stereocenters. The van der Waals surface area contributed by atoms with E-state index in [1.165, 1.54) is 36.6 Å². The third-order valence-electron chi connectivity index (χ3n) is 5.84. The molecule has 2 saturated heterocycles. The fraction of sp³-hybridized carbons (Fsp3) is 0.632. The molecule has 2 heterocycles. The SMILES string of the molecule is COC(=O)C1CC2CCC(C1)N2Cc1ccc(OC)c(C)c1C. The third kappa shape index (κ3) is 2.97. The van der Waals surface area contributed by atoms with Gasteiger partial charge in [0, 0.05) is 18.6 Å². The van der Waals surface area contributed by atoms with Crippen molar-refractivity contribution in [3.63, 3.8) is 0 Å². The van der Waals surface area contributed by atoms with E-state index in [0.717, 1.165) is 25.1 Å². The van der Waals surface area contributed by atoms with Gasteiger partial charge < -0.3 is 9.47 Å². The highest BCUT2D eigenvalue weighted by molar-refractivity contribution is 5.72. The van der Waals surface area contributed by atoms with Crippen LogP contribution in [0.3, 0.4) is 0 Å². The fourth-order valence-corrected chi connectivity index (χ4v) is 4.33. The summed E-state index contributed by atoms with van der Waals surface area (Å²) in [7, 11) is 3.22. The average Bonchev–Trinajstić information content (AvgIpc) is 2.79. The Labute approximate surface area is 138 Å². The van der Waals surface area contributed by atoms with Gasteiger partial charge in [0.25, 0.3) is 0 Å². The molecule has 2 fully saturated rings. The van der Waals surface area contributed by atoms with Crippen molar-refractivity contribution in [1.29, 1.82) is 0 Å². The zero-order valence-electron chi connectivity index (χ0n) is 14.6. The van der Waals surface area contributed by atoms with Crippen LogP contribution in [0.4, 0.5) is 0 Å². The Morgan fingerprint density at radius 3 is 2.35 bits per heavy atom. The Balaban J connectivity index is 1.75. The number of piperidine rings is 1. The second-order valence-corrected chi connectivity index (χ2v) is 6.93. The van der Waals surface area contributed by atoms with E-state index in [-0.39, 0.29) is 11.9 Å². The van der Waals surface area contributed by atoms with Crippen molar-refractivity contribution in [3.05, 3.63) is 28.8 Å². The molecule has 1 aromatic carbocycles. The van der Waals surface area contributed by atoms with E-state index in [2.05, 4.69) is 30.9 Å². The van der Waals surface area contributed by atoms with Crippen LogP contribution in [0.15, 0.2) is 12.1 Å². The Bertz CT molecular complexity index is 585. The monoisotopic (exact) mass is 317 g/mol. The zero-order valence-corrected chi connectivity index (χ0v) is 14.6. The minimum Gasteiger partial charge on any atom is -0.496 e. The van der Waals surface area contributed by atoms with Crippen LogP contribution >= 0.6 is 0 Å². The van der Waals surface area contributed by atoms with Gasteiger partial charge in [-0.05, 0) is 62.3 Å². The molecule has 2 bridgehead atoms. The van der Waals surface area contributed by atoms with Crippen LogP contribution in [-0.2, 0) is 16.1 Å². The molecule has 2 atom stereocenters. The van der Waals surface area contributed by atoms with Gasteiger partial charge in [-0.1, -0.05) is 6.07 Å². The molecule has 0 aromatic heterocycles. The molecule has 0 radical (unpaired) electrons. The Morgan fingerprint density at radius 2 is 1.78 bits per heavy atom. The summed E-state index contributed by atoms with van der Waals surface area (Å²) in [5.41, 5.74) is 3.91. The molecule has 0 spiro atoms. The lowest BCUT2D eigenvalue weighted by Gasteiger charge is -2.38. The van der Waals surface area contributed by atoms with E-state index in [9.17, 15) is 4.79 Å². The summed E-state index contributed by atoms with van der Waals surface area (Å²) in [4.78, 5) is 14.5. The van der Waals surface area contributed by atoms with Crippen molar-refractivity contribution >= 4 is 5.97 Å². The first-order chi connectivity index (χ1) is 11.0. The van der Waals surface area contributed by atoms with Crippen LogP contribution in [0, 0.1) is 19.8 Å². The van der Waals surface area contributed by atoms with Gasteiger partial charge in [0.2, 0.25) is 0 Å². The number of fused-ring (bicyclic) bond motifs is 2. The van der Waals surface area contributed by atoms with E-state index in [1.54, 1.807) is 7.11 Å². The van der Waals surface area contributed by atoms with Gasteiger partial charge in [-0.2, -0.15) is 0 Å². The Hall–Kier alpha value is -1.55. The van der Waals surface area contributed by atoms with Gasteiger partial charge in [-0.15, -0.1) is 0 Å². The first-order valence-corrected chi connectivity index (χ1v) is 8.51. The topological polar surface area (TPSA) is 38.8 Å². The minimum atomic E-state index is -0.0296. The summed E-state index contributed by atoms with van der Waals surface area (Å²) in [6.07, 6.45) is 4.29. The van der Waals surface area contributed by atoms with E-state index >= 15 is 0 Å². The van der Waals surface area contributed by atoms with Crippen LogP contribution in [-0.4, -0.2) is 37.2 Å². The summed E-state index contributed by atoms with van der Waals surface area (Å²) in [6.45, 7) is 5.27. The third-order valence-corrected chi connectivity index (χ3v) is 5.84. The highest BCUT2D eigenvalue weighted by Gasteiger charge is 2.43. The van der Waals surface area contributed by atoms with Gasteiger partial charge in [0.15, 0.2) is 0 Å². The van der Waals surface area contributed by atoms with Crippen LogP contribution < -0.4 is 4.74 Å². The number of ether oxygens (including phenoxy) is 2. The zero-order chi connectivity index (χ0) is 16.6. The normalized spacial score (nSPS) is 27.0. The lowest BCUT2D eigenvalue weighted by atomic mass is 9.90. The number of carbonyl (C=O) groups excluding carboxylic acids is 1. The molecular weight excluding hydrogens is 290 g/mol. The number of nitrogens with zero attached hydrogens (tertiary/aromatic N) is 1. The maximum Gasteiger partial charge on any atom is 0.308 e. The molecule has 3 rings (SSSR count). The second-order valence-electron chi connectivity index (χ2n) is 6.93. The summed E-state index contributed by atoms with van der Waals surface area (Å²) < 4.78 is 10.4. The standard InChI is InChI=1S/C19H27NO3/c1-12-13(2)18(22-3)8-5-14(12)11-20-16-6-7-17(20)10-15(9-16)19(21)23-4/h5,8,15-17H,6-7,9-11H2,1-4H3. The number of hydrogen-bond acceptors (Lipinski definition) is 4. The fourth-order valence-electron chi connectivity index (χ4n) is 4.33. The maximum atomic E-state index is 11.9. The quantitative estimate of drug-likeness (QED) is 0.799. The predicted molar refractivity (Wildman–Crippen MR) is 89.6 cm³/mol. The second kappa shape index (κ2) is 6.52. The van der Waals surface area contributed by atoms with Gasteiger partial charge in [-0.3, -0.25) is 9.69 Å². The Kier molecular flexibility index (Phi) is 4.62. The molecule has 126 valence electrons. The highest BCUT2D eigenvalue weighted by Crippen LogP contribution is 2.40. The van der Waals surface area contributed by atoms with Crippen molar-refractivity contribution in [1.82, 2.24) is 4.90 Å². The molecule has 2 aliphatic rings. The van der Waals surface area contributed by atoms with Crippen LogP contribution in [0.25, 0.3) is 0 Å². The molecule has 0 amide bonds. The van der Waals surface area contributed by atoms with Crippen molar-refractivity contribution < 1.29 is 14.3 Å². The number of carbonyl (C=O) groups is 1. The molecule has 2 aliphatic heterocycles. The van der Waals surface area contributed by atoms with Gasteiger partial charge in [0.05, 0.1) is 20.1 Å². The van der Waals surface area contributed by atoms with E-state index in [1.807, 2.05) is 0 Å². The lowest BCUT2D eigenvalue weighted by molar-refractivity contribution is -0.148. The first kappa shape index (κ1) is 16.3. The summed E-state index contributed by atoms with van der Waals surface area (Å²) >= 11 is 0. The number of rotatable bonds is 4.